The minimum absolute atomic E-state index is 0.155. The van der Waals surface area contributed by atoms with E-state index in [1.54, 1.807) is 0 Å². The largest absolute Gasteiger partial charge is 0.453 e. The minimum Gasteiger partial charge on any atom is -0.453 e. The lowest BCUT2D eigenvalue weighted by atomic mass is 9.86. The summed E-state index contributed by atoms with van der Waals surface area (Å²) in [6.07, 6.45) is 0.737. The van der Waals surface area contributed by atoms with Gasteiger partial charge < -0.3 is 14.8 Å². The number of fused-ring (bicyclic) bond motifs is 1. The summed E-state index contributed by atoms with van der Waals surface area (Å²) in [4.78, 5) is 28.9. The summed E-state index contributed by atoms with van der Waals surface area (Å²) >= 11 is 0. The maximum Gasteiger partial charge on any atom is 0.348 e. The summed E-state index contributed by atoms with van der Waals surface area (Å²) in [6.45, 7) is 4.91. The Morgan fingerprint density at radius 3 is 1.95 bits per heavy atom. The molecule has 0 aromatic heterocycles. The van der Waals surface area contributed by atoms with Crippen LogP contribution in [-0.2, 0) is 31.2 Å². The van der Waals surface area contributed by atoms with E-state index in [-0.39, 0.29) is 18.6 Å². The van der Waals surface area contributed by atoms with Crippen molar-refractivity contribution in [1.82, 2.24) is 10.2 Å². The van der Waals surface area contributed by atoms with Crippen LogP contribution in [0, 0.1) is 11.8 Å². The second-order valence-electron chi connectivity index (χ2n) is 9.94. The predicted octanol–water partition coefficient (Wildman–Crippen LogP) is 4.15. The number of piperidine rings is 1. The first-order valence-corrected chi connectivity index (χ1v) is 13.1. The lowest BCUT2D eigenvalue weighted by Gasteiger charge is -2.32. The average molecular weight is 499 g/mol. The summed E-state index contributed by atoms with van der Waals surface area (Å²) in [5.41, 5.74) is 1.22. The van der Waals surface area contributed by atoms with Gasteiger partial charge in [0.2, 0.25) is 5.60 Å². The molecule has 2 fully saturated rings. The van der Waals surface area contributed by atoms with Gasteiger partial charge in [-0.25, -0.2) is 4.79 Å². The quantitative estimate of drug-likeness (QED) is 0.403. The molecule has 1 aliphatic heterocycles. The standard InChI is InChI=1S/C31H34N2O4/c1-2-18-37-31(24-14-8-4-9-15-24,25-16-10-5-11-17-25)30(35)36-22-28(34)32-29-26-20-33(21-27(26)29)19-23-12-6-3-7-13-23/h3-17,26-27,29H,2,18-22H2,1H3,(H,32,34). The fraction of sp³-hybridized carbons (Fsp3) is 0.355. The van der Waals surface area contributed by atoms with Crippen LogP contribution < -0.4 is 5.32 Å². The molecule has 0 spiro atoms. The van der Waals surface area contributed by atoms with Gasteiger partial charge in [-0.3, -0.25) is 9.69 Å². The van der Waals surface area contributed by atoms with Gasteiger partial charge >= 0.3 is 5.97 Å². The van der Waals surface area contributed by atoms with Gasteiger partial charge in [-0.2, -0.15) is 0 Å². The molecule has 1 heterocycles. The fourth-order valence-electron chi connectivity index (χ4n) is 5.49. The highest BCUT2D eigenvalue weighted by Gasteiger charge is 2.56. The molecule has 1 saturated carbocycles. The maximum atomic E-state index is 13.7. The number of carbonyl (C=O) groups is 2. The summed E-state index contributed by atoms with van der Waals surface area (Å²) in [5, 5.41) is 3.09. The number of nitrogens with zero attached hydrogens (tertiary/aromatic N) is 1. The van der Waals surface area contributed by atoms with Crippen LogP contribution in [0.15, 0.2) is 91.0 Å². The fourth-order valence-corrected chi connectivity index (χ4v) is 5.49. The molecule has 1 aliphatic carbocycles. The topological polar surface area (TPSA) is 67.9 Å². The molecule has 0 bridgehead atoms. The lowest BCUT2D eigenvalue weighted by molar-refractivity contribution is -0.170. The van der Waals surface area contributed by atoms with Crippen LogP contribution in [0.5, 0.6) is 0 Å². The normalized spacial score (nSPS) is 20.7. The van der Waals surface area contributed by atoms with Gasteiger partial charge in [-0.15, -0.1) is 0 Å². The highest BCUT2D eigenvalue weighted by molar-refractivity contribution is 5.88. The van der Waals surface area contributed by atoms with E-state index in [9.17, 15) is 9.59 Å². The molecule has 0 radical (unpaired) electrons. The molecular formula is C31H34N2O4. The zero-order valence-electron chi connectivity index (χ0n) is 21.2. The van der Waals surface area contributed by atoms with Crippen LogP contribution in [0.1, 0.15) is 30.0 Å². The van der Waals surface area contributed by atoms with Gasteiger partial charge in [0, 0.05) is 32.3 Å². The Bertz CT molecular complexity index is 1130. The number of benzene rings is 3. The number of likely N-dealkylation sites (tertiary alicyclic amines) is 1. The molecule has 37 heavy (non-hydrogen) atoms. The third kappa shape index (κ3) is 5.45. The Kier molecular flexibility index (Phi) is 7.68. The molecule has 1 amide bonds. The third-order valence-electron chi connectivity index (χ3n) is 7.35. The van der Waals surface area contributed by atoms with Gasteiger partial charge in [0.05, 0.1) is 0 Å². The number of hydrogen-bond donors (Lipinski definition) is 1. The van der Waals surface area contributed by atoms with E-state index < -0.39 is 11.6 Å². The minimum atomic E-state index is -1.44. The summed E-state index contributed by atoms with van der Waals surface area (Å²) in [6, 6.07) is 29.3. The van der Waals surface area contributed by atoms with Crippen molar-refractivity contribution < 1.29 is 19.1 Å². The Morgan fingerprint density at radius 2 is 1.41 bits per heavy atom. The Labute approximate surface area is 218 Å². The number of ether oxygens (including phenoxy) is 2. The molecule has 1 N–H and O–H groups in total. The smallest absolute Gasteiger partial charge is 0.348 e. The van der Waals surface area contributed by atoms with Crippen LogP contribution in [0.2, 0.25) is 0 Å². The first-order chi connectivity index (χ1) is 18.1. The highest BCUT2D eigenvalue weighted by atomic mass is 16.6. The number of nitrogens with one attached hydrogen (secondary N) is 1. The summed E-state index contributed by atoms with van der Waals surface area (Å²) < 4.78 is 11.9. The maximum absolute atomic E-state index is 13.7. The zero-order chi connectivity index (χ0) is 25.7. The van der Waals surface area contributed by atoms with E-state index in [0.717, 1.165) is 26.1 Å². The van der Waals surface area contributed by atoms with Crippen molar-refractivity contribution in [2.24, 2.45) is 11.8 Å². The third-order valence-corrected chi connectivity index (χ3v) is 7.35. The van der Waals surface area contributed by atoms with Gasteiger partial charge in [0.25, 0.3) is 5.91 Å². The van der Waals surface area contributed by atoms with E-state index >= 15 is 0 Å². The predicted molar refractivity (Wildman–Crippen MR) is 141 cm³/mol. The van der Waals surface area contributed by atoms with Crippen LogP contribution in [0.4, 0.5) is 0 Å². The number of carbonyl (C=O) groups excluding carboxylic acids is 2. The molecule has 2 atom stereocenters. The van der Waals surface area contributed by atoms with Crippen molar-refractivity contribution in [2.75, 3.05) is 26.3 Å². The van der Waals surface area contributed by atoms with Crippen molar-refractivity contribution in [3.8, 4) is 0 Å². The molecule has 2 unspecified atom stereocenters. The number of rotatable bonds is 11. The van der Waals surface area contributed by atoms with Crippen molar-refractivity contribution >= 4 is 11.9 Å². The van der Waals surface area contributed by atoms with Crippen molar-refractivity contribution in [3.05, 3.63) is 108 Å². The van der Waals surface area contributed by atoms with Crippen molar-refractivity contribution in [1.29, 1.82) is 0 Å². The molecule has 6 heteroatoms. The average Bonchev–Trinajstić information content (AvgIpc) is 3.37. The van der Waals surface area contributed by atoms with E-state index in [1.165, 1.54) is 5.56 Å². The summed E-state index contributed by atoms with van der Waals surface area (Å²) in [5.74, 6) is 0.0689. The Balaban J connectivity index is 1.20. The molecule has 5 rings (SSSR count). The van der Waals surface area contributed by atoms with Crippen LogP contribution in [0.25, 0.3) is 0 Å². The van der Waals surface area contributed by atoms with Crippen LogP contribution in [0.3, 0.4) is 0 Å². The summed E-state index contributed by atoms with van der Waals surface area (Å²) in [7, 11) is 0. The highest BCUT2D eigenvalue weighted by Crippen LogP contribution is 2.45. The first-order valence-electron chi connectivity index (χ1n) is 13.1. The molecule has 2 aliphatic rings. The van der Waals surface area contributed by atoms with E-state index in [4.69, 9.17) is 9.47 Å². The number of hydrogen-bond acceptors (Lipinski definition) is 5. The van der Waals surface area contributed by atoms with E-state index in [1.807, 2.05) is 73.7 Å². The van der Waals surface area contributed by atoms with Gasteiger partial charge in [0.15, 0.2) is 6.61 Å². The lowest BCUT2D eigenvalue weighted by Crippen LogP contribution is -2.44. The molecule has 6 nitrogen and oxygen atoms in total. The van der Waals surface area contributed by atoms with E-state index in [0.29, 0.717) is 29.6 Å². The van der Waals surface area contributed by atoms with Gasteiger partial charge in [0.1, 0.15) is 0 Å². The molecule has 3 aromatic rings. The zero-order valence-corrected chi connectivity index (χ0v) is 21.2. The van der Waals surface area contributed by atoms with E-state index in [2.05, 4.69) is 34.5 Å². The number of esters is 1. The Hall–Kier alpha value is -3.48. The van der Waals surface area contributed by atoms with Crippen LogP contribution in [-0.4, -0.2) is 49.1 Å². The Morgan fingerprint density at radius 1 is 0.865 bits per heavy atom. The molecule has 3 aromatic carbocycles. The van der Waals surface area contributed by atoms with Gasteiger partial charge in [-0.1, -0.05) is 97.9 Å². The first kappa shape index (κ1) is 25.2. The molecule has 1 saturated heterocycles. The SMILES string of the molecule is CCCOC(C(=O)OCC(=O)NC1C2CN(Cc3ccccc3)CC21)(c1ccccc1)c1ccccc1. The molecular weight excluding hydrogens is 464 g/mol. The second-order valence-corrected chi connectivity index (χ2v) is 9.94. The van der Waals surface area contributed by atoms with Crippen LogP contribution >= 0.6 is 0 Å². The van der Waals surface area contributed by atoms with Crippen molar-refractivity contribution in [2.45, 2.75) is 31.5 Å². The van der Waals surface area contributed by atoms with Gasteiger partial charge in [-0.05, 0) is 34.9 Å². The van der Waals surface area contributed by atoms with Crippen molar-refractivity contribution in [3.63, 3.8) is 0 Å². The molecule has 192 valence electrons. The number of amides is 1. The second kappa shape index (κ2) is 11.3. The monoisotopic (exact) mass is 498 g/mol.